The second kappa shape index (κ2) is 14.0. The van der Waals surface area contributed by atoms with E-state index in [4.69, 9.17) is 10.2 Å². The summed E-state index contributed by atoms with van der Waals surface area (Å²) in [5.74, 6) is -1.34. The third-order valence-corrected chi connectivity index (χ3v) is 5.37. The van der Waals surface area contributed by atoms with E-state index in [0.29, 0.717) is 6.42 Å². The number of hydrogen-bond acceptors (Lipinski definition) is 4. The minimum absolute atomic E-state index is 0.000400. The summed E-state index contributed by atoms with van der Waals surface area (Å²) in [6, 6.07) is 10.5. The second-order valence-electron chi connectivity index (χ2n) is 9.16. The molecule has 0 saturated heterocycles. The van der Waals surface area contributed by atoms with E-state index in [9.17, 15) is 9.59 Å². The highest BCUT2D eigenvalue weighted by Gasteiger charge is 2.50. The van der Waals surface area contributed by atoms with Gasteiger partial charge in [-0.2, -0.15) is 0 Å². The predicted octanol–water partition coefficient (Wildman–Crippen LogP) is 4.20. The molecule has 3 N–H and O–H groups in total. The number of rotatable bonds is 12. The summed E-state index contributed by atoms with van der Waals surface area (Å²) in [6.07, 6.45) is 7.83. The van der Waals surface area contributed by atoms with Gasteiger partial charge >= 0.3 is 5.97 Å². The number of carboxylic acid groups (broad SMARTS) is 1. The van der Waals surface area contributed by atoms with Crippen molar-refractivity contribution in [2.75, 3.05) is 20.7 Å². The van der Waals surface area contributed by atoms with Gasteiger partial charge in [-0.05, 0) is 50.8 Å². The number of amides is 1. The molecule has 1 aromatic rings. The Morgan fingerprint density at radius 2 is 1.68 bits per heavy atom. The molecule has 6 nitrogen and oxygen atoms in total. The molecule has 0 heterocycles. The maximum atomic E-state index is 11.9. The van der Waals surface area contributed by atoms with Gasteiger partial charge < -0.3 is 20.4 Å². The SMILES string of the molecule is CC1(C)CC1C(=O)NC(=CCCCCCCCO)C(=O)O.CN(C)Cc1ccccc1. The van der Waals surface area contributed by atoms with Crippen molar-refractivity contribution in [3.63, 3.8) is 0 Å². The Morgan fingerprint density at radius 1 is 1.10 bits per heavy atom. The number of unbranched alkanes of at least 4 members (excludes halogenated alkanes) is 5. The second-order valence-corrected chi connectivity index (χ2v) is 9.16. The van der Waals surface area contributed by atoms with Crippen LogP contribution in [0.5, 0.6) is 0 Å². The van der Waals surface area contributed by atoms with Gasteiger partial charge in [-0.3, -0.25) is 4.79 Å². The van der Waals surface area contributed by atoms with E-state index in [1.165, 1.54) is 5.56 Å². The highest BCUT2D eigenvalue weighted by atomic mass is 16.4. The van der Waals surface area contributed by atoms with Gasteiger partial charge in [0.1, 0.15) is 5.70 Å². The molecule has 2 rings (SSSR count). The molecular formula is C25H40N2O4. The minimum Gasteiger partial charge on any atom is -0.477 e. The van der Waals surface area contributed by atoms with Gasteiger partial charge in [0.15, 0.2) is 0 Å². The fourth-order valence-electron chi connectivity index (χ4n) is 3.31. The van der Waals surface area contributed by atoms with Crippen molar-refractivity contribution < 1.29 is 19.8 Å². The average molecular weight is 433 g/mol. The van der Waals surface area contributed by atoms with E-state index in [1.807, 2.05) is 19.9 Å². The normalized spacial score (nSPS) is 17.0. The lowest BCUT2D eigenvalue weighted by Crippen LogP contribution is -2.29. The fraction of sp³-hybridized carbons (Fsp3) is 0.600. The van der Waals surface area contributed by atoms with Crippen molar-refractivity contribution in [3.05, 3.63) is 47.7 Å². The van der Waals surface area contributed by atoms with Crippen LogP contribution in [0, 0.1) is 11.3 Å². The molecule has 1 aliphatic rings. The monoisotopic (exact) mass is 432 g/mol. The fourth-order valence-corrected chi connectivity index (χ4v) is 3.31. The molecule has 1 aromatic carbocycles. The lowest BCUT2D eigenvalue weighted by molar-refractivity contribution is -0.135. The van der Waals surface area contributed by atoms with Crippen molar-refractivity contribution in [1.82, 2.24) is 10.2 Å². The Bertz CT molecular complexity index is 699. The summed E-state index contributed by atoms with van der Waals surface area (Å²) < 4.78 is 0. The number of aliphatic carboxylic acids is 1. The summed E-state index contributed by atoms with van der Waals surface area (Å²) >= 11 is 0. The van der Waals surface area contributed by atoms with Crippen LogP contribution in [0.1, 0.15) is 64.4 Å². The standard InChI is InChI=1S/C16H27NO4.C9H13N/c1-16(2)11-12(16)14(19)17-13(15(20)21)9-7-5-3-4-6-8-10-18;1-10(2)8-9-6-4-3-5-7-9/h9,12,18H,3-8,10-11H2,1-2H3,(H,17,19)(H,20,21);3-7H,8H2,1-2H3. The van der Waals surface area contributed by atoms with E-state index >= 15 is 0 Å². The van der Waals surface area contributed by atoms with E-state index in [0.717, 1.165) is 45.1 Å². The number of aliphatic hydroxyl groups is 1. The Labute approximate surface area is 187 Å². The molecule has 6 heteroatoms. The maximum Gasteiger partial charge on any atom is 0.352 e. The van der Waals surface area contributed by atoms with Crippen LogP contribution in [-0.2, 0) is 16.1 Å². The van der Waals surface area contributed by atoms with Gasteiger partial charge in [0, 0.05) is 19.1 Å². The molecule has 0 radical (unpaired) electrons. The van der Waals surface area contributed by atoms with E-state index in [-0.39, 0.29) is 29.5 Å². The highest BCUT2D eigenvalue weighted by molar-refractivity contribution is 5.94. The van der Waals surface area contributed by atoms with Gasteiger partial charge in [0.05, 0.1) is 0 Å². The summed E-state index contributed by atoms with van der Waals surface area (Å²) in [4.78, 5) is 25.2. The largest absolute Gasteiger partial charge is 0.477 e. The molecule has 174 valence electrons. The van der Waals surface area contributed by atoms with Crippen LogP contribution in [0.15, 0.2) is 42.1 Å². The maximum absolute atomic E-state index is 11.9. The van der Waals surface area contributed by atoms with Crippen molar-refractivity contribution in [3.8, 4) is 0 Å². The first kappa shape index (κ1) is 26.9. The van der Waals surface area contributed by atoms with Crippen LogP contribution >= 0.6 is 0 Å². The smallest absolute Gasteiger partial charge is 0.352 e. The number of aliphatic hydroxyl groups excluding tert-OH is 1. The predicted molar refractivity (Wildman–Crippen MR) is 124 cm³/mol. The molecule has 1 saturated carbocycles. The number of allylic oxidation sites excluding steroid dienone is 1. The van der Waals surface area contributed by atoms with Crippen LogP contribution in [0.3, 0.4) is 0 Å². The molecule has 1 atom stereocenters. The van der Waals surface area contributed by atoms with Crippen LogP contribution < -0.4 is 5.32 Å². The van der Waals surface area contributed by atoms with E-state index in [2.05, 4.69) is 48.6 Å². The summed E-state index contributed by atoms with van der Waals surface area (Å²) in [7, 11) is 4.15. The molecule has 1 amide bonds. The molecule has 31 heavy (non-hydrogen) atoms. The third-order valence-electron chi connectivity index (χ3n) is 5.37. The van der Waals surface area contributed by atoms with Crippen molar-refractivity contribution >= 4 is 11.9 Å². The highest BCUT2D eigenvalue weighted by Crippen LogP contribution is 2.51. The van der Waals surface area contributed by atoms with Gasteiger partial charge in [0.2, 0.25) is 5.91 Å². The van der Waals surface area contributed by atoms with Crippen LogP contribution in [0.2, 0.25) is 0 Å². The molecule has 0 aromatic heterocycles. The van der Waals surface area contributed by atoms with Crippen LogP contribution in [0.25, 0.3) is 0 Å². The van der Waals surface area contributed by atoms with Gasteiger partial charge in [-0.1, -0.05) is 69.5 Å². The van der Waals surface area contributed by atoms with Crippen molar-refractivity contribution in [2.45, 2.75) is 65.3 Å². The number of carbonyl (C=O) groups excluding carboxylic acids is 1. The number of carbonyl (C=O) groups is 2. The van der Waals surface area contributed by atoms with Crippen molar-refractivity contribution in [2.24, 2.45) is 11.3 Å². The first-order valence-electron chi connectivity index (χ1n) is 11.2. The Morgan fingerprint density at radius 3 is 2.19 bits per heavy atom. The van der Waals surface area contributed by atoms with Gasteiger partial charge in [-0.15, -0.1) is 0 Å². The summed E-state index contributed by atoms with van der Waals surface area (Å²) in [6.45, 7) is 5.27. The summed E-state index contributed by atoms with van der Waals surface area (Å²) in [5, 5.41) is 20.3. The van der Waals surface area contributed by atoms with E-state index < -0.39 is 5.97 Å². The first-order chi connectivity index (χ1) is 14.7. The Hall–Kier alpha value is -2.18. The number of carboxylic acids is 1. The Balaban J connectivity index is 0.000000399. The summed E-state index contributed by atoms with van der Waals surface area (Å²) in [5.41, 5.74) is 1.37. The lowest BCUT2D eigenvalue weighted by Gasteiger charge is -2.08. The topological polar surface area (TPSA) is 89.9 Å². The Kier molecular flexibility index (Phi) is 12.1. The molecule has 0 spiro atoms. The average Bonchev–Trinajstić information content (AvgIpc) is 3.35. The van der Waals surface area contributed by atoms with Crippen molar-refractivity contribution in [1.29, 1.82) is 0 Å². The first-order valence-corrected chi connectivity index (χ1v) is 11.2. The van der Waals surface area contributed by atoms with E-state index in [1.54, 1.807) is 6.08 Å². The zero-order valence-electron chi connectivity index (χ0n) is 19.6. The number of nitrogens with zero attached hydrogens (tertiary/aromatic N) is 1. The molecule has 0 aliphatic heterocycles. The van der Waals surface area contributed by atoms with Crippen LogP contribution in [0.4, 0.5) is 0 Å². The quantitative estimate of drug-likeness (QED) is 0.340. The number of benzene rings is 1. The lowest BCUT2D eigenvalue weighted by atomic mass is 10.1. The molecule has 0 bridgehead atoms. The molecule has 1 fully saturated rings. The van der Waals surface area contributed by atoms with Gasteiger partial charge in [-0.25, -0.2) is 4.79 Å². The zero-order valence-corrected chi connectivity index (χ0v) is 19.6. The van der Waals surface area contributed by atoms with Gasteiger partial charge in [0.25, 0.3) is 0 Å². The molecular weight excluding hydrogens is 392 g/mol. The number of hydrogen-bond donors (Lipinski definition) is 3. The minimum atomic E-state index is -1.08. The zero-order chi connectivity index (χ0) is 23.3. The third kappa shape index (κ3) is 11.7. The number of nitrogens with one attached hydrogen (secondary N) is 1. The van der Waals surface area contributed by atoms with Crippen LogP contribution in [-0.4, -0.2) is 47.7 Å². The molecule has 1 aliphatic carbocycles. The molecule has 1 unspecified atom stereocenters.